The van der Waals surface area contributed by atoms with Gasteiger partial charge in [-0.1, -0.05) is 25.8 Å². The number of sulfonamides is 1. The Kier molecular flexibility index (Phi) is 6.16. The number of esters is 1. The third-order valence-corrected chi connectivity index (χ3v) is 4.46. The lowest BCUT2D eigenvalue weighted by Crippen LogP contribution is -2.25. The van der Waals surface area contributed by atoms with Gasteiger partial charge in [-0.25, -0.2) is 17.9 Å². The summed E-state index contributed by atoms with van der Waals surface area (Å²) in [6.07, 6.45) is 2.80. The fourth-order valence-electron chi connectivity index (χ4n) is 1.76. The third-order valence-electron chi connectivity index (χ3n) is 3.00. The highest BCUT2D eigenvalue weighted by atomic mass is 32.2. The molecule has 1 N–H and O–H groups in total. The summed E-state index contributed by atoms with van der Waals surface area (Å²) in [6.45, 7) is 4.19. The summed E-state index contributed by atoms with van der Waals surface area (Å²) in [6, 6.07) is 4.44. The number of methoxy groups -OCH3 is 1. The Labute approximate surface area is 120 Å². The predicted molar refractivity (Wildman–Crippen MR) is 77.2 cm³/mol. The van der Waals surface area contributed by atoms with Gasteiger partial charge in [-0.2, -0.15) is 0 Å². The molecule has 1 rings (SSSR count). The SMILES string of the molecule is CCCCCNS(=O)(=O)c1ccc(C)c(C(=O)OC)c1. The van der Waals surface area contributed by atoms with Gasteiger partial charge in [0.1, 0.15) is 0 Å². The van der Waals surface area contributed by atoms with Crippen LogP contribution in [0.4, 0.5) is 0 Å². The van der Waals surface area contributed by atoms with E-state index in [0.717, 1.165) is 19.3 Å². The molecule has 0 atom stereocenters. The summed E-state index contributed by atoms with van der Waals surface area (Å²) in [5.41, 5.74) is 0.950. The number of ether oxygens (including phenoxy) is 1. The highest BCUT2D eigenvalue weighted by Gasteiger charge is 2.17. The van der Waals surface area contributed by atoms with Crippen molar-refractivity contribution in [2.24, 2.45) is 0 Å². The van der Waals surface area contributed by atoms with Crippen LogP contribution >= 0.6 is 0 Å². The second kappa shape index (κ2) is 7.40. The summed E-state index contributed by atoms with van der Waals surface area (Å²) in [5, 5.41) is 0. The van der Waals surface area contributed by atoms with Gasteiger partial charge in [0.05, 0.1) is 17.6 Å². The molecule has 0 aromatic heterocycles. The summed E-state index contributed by atoms with van der Waals surface area (Å²) in [7, 11) is -2.31. The van der Waals surface area contributed by atoms with Crippen molar-refractivity contribution in [3.05, 3.63) is 29.3 Å². The van der Waals surface area contributed by atoms with Gasteiger partial charge in [0.25, 0.3) is 0 Å². The average molecular weight is 299 g/mol. The number of benzene rings is 1. The van der Waals surface area contributed by atoms with E-state index in [4.69, 9.17) is 0 Å². The molecule has 0 saturated carbocycles. The lowest BCUT2D eigenvalue weighted by molar-refractivity contribution is 0.0599. The first-order chi connectivity index (χ1) is 9.42. The lowest BCUT2D eigenvalue weighted by atomic mass is 10.1. The first kappa shape index (κ1) is 16.7. The molecule has 0 spiro atoms. The van der Waals surface area contributed by atoms with E-state index in [1.807, 2.05) is 0 Å². The van der Waals surface area contributed by atoms with E-state index in [0.29, 0.717) is 12.1 Å². The van der Waals surface area contributed by atoms with Gasteiger partial charge in [-0.05, 0) is 31.0 Å². The predicted octanol–water partition coefficient (Wildman–Crippen LogP) is 2.25. The van der Waals surface area contributed by atoms with Crippen LogP contribution in [0, 0.1) is 6.92 Å². The molecule has 0 heterocycles. The average Bonchev–Trinajstić information content (AvgIpc) is 2.43. The van der Waals surface area contributed by atoms with Crippen molar-refractivity contribution >= 4 is 16.0 Å². The van der Waals surface area contributed by atoms with Crippen LogP contribution in [0.2, 0.25) is 0 Å². The van der Waals surface area contributed by atoms with Gasteiger partial charge in [0.2, 0.25) is 10.0 Å². The Morgan fingerprint density at radius 3 is 2.60 bits per heavy atom. The molecule has 0 bridgehead atoms. The zero-order valence-corrected chi connectivity index (χ0v) is 12.9. The van der Waals surface area contributed by atoms with Crippen LogP contribution in [0.15, 0.2) is 23.1 Å². The van der Waals surface area contributed by atoms with E-state index in [9.17, 15) is 13.2 Å². The molecule has 0 radical (unpaired) electrons. The molecule has 112 valence electrons. The molecule has 1 aromatic rings. The minimum Gasteiger partial charge on any atom is -0.465 e. The standard InChI is InChI=1S/C14H21NO4S/c1-4-5-6-9-15-20(17,18)12-8-7-11(2)13(10-12)14(16)19-3/h7-8,10,15H,4-6,9H2,1-3H3. The fraction of sp³-hybridized carbons (Fsp3) is 0.500. The van der Waals surface area contributed by atoms with Crippen molar-refractivity contribution in [1.29, 1.82) is 0 Å². The van der Waals surface area contributed by atoms with E-state index in [2.05, 4.69) is 16.4 Å². The second-order valence-electron chi connectivity index (χ2n) is 4.57. The van der Waals surface area contributed by atoms with Crippen LogP contribution in [0.1, 0.15) is 42.1 Å². The molecule has 1 aromatic carbocycles. The van der Waals surface area contributed by atoms with E-state index in [1.165, 1.54) is 19.2 Å². The van der Waals surface area contributed by atoms with Crippen molar-refractivity contribution in [1.82, 2.24) is 4.72 Å². The van der Waals surface area contributed by atoms with Crippen molar-refractivity contribution < 1.29 is 17.9 Å². The number of carbonyl (C=O) groups is 1. The number of nitrogens with one attached hydrogen (secondary N) is 1. The minimum atomic E-state index is -3.58. The third kappa shape index (κ3) is 4.31. The van der Waals surface area contributed by atoms with Crippen LogP contribution in [0.25, 0.3) is 0 Å². The number of unbranched alkanes of at least 4 members (excludes halogenated alkanes) is 2. The second-order valence-corrected chi connectivity index (χ2v) is 6.34. The largest absolute Gasteiger partial charge is 0.465 e. The van der Waals surface area contributed by atoms with Gasteiger partial charge >= 0.3 is 5.97 Å². The monoisotopic (exact) mass is 299 g/mol. The zero-order chi connectivity index (χ0) is 15.2. The van der Waals surface area contributed by atoms with E-state index in [1.54, 1.807) is 13.0 Å². The summed E-state index contributed by atoms with van der Waals surface area (Å²) in [5.74, 6) is -0.537. The van der Waals surface area contributed by atoms with Gasteiger partial charge < -0.3 is 4.74 Å². The van der Waals surface area contributed by atoms with Gasteiger partial charge in [-0.15, -0.1) is 0 Å². The van der Waals surface area contributed by atoms with Crippen LogP contribution in [0.5, 0.6) is 0 Å². The smallest absolute Gasteiger partial charge is 0.338 e. The quantitative estimate of drug-likeness (QED) is 0.619. The molecule has 0 amide bonds. The number of carbonyl (C=O) groups excluding carboxylic acids is 1. The first-order valence-electron chi connectivity index (χ1n) is 6.61. The molecular formula is C14H21NO4S. The Morgan fingerprint density at radius 2 is 2.00 bits per heavy atom. The van der Waals surface area contributed by atoms with E-state index >= 15 is 0 Å². The minimum absolute atomic E-state index is 0.0833. The van der Waals surface area contributed by atoms with E-state index < -0.39 is 16.0 Å². The Morgan fingerprint density at radius 1 is 1.30 bits per heavy atom. The number of hydrogen-bond acceptors (Lipinski definition) is 4. The fourth-order valence-corrected chi connectivity index (χ4v) is 2.86. The van der Waals surface area contributed by atoms with Crippen molar-refractivity contribution in [3.63, 3.8) is 0 Å². The molecule has 0 saturated heterocycles. The van der Waals surface area contributed by atoms with Gasteiger partial charge in [-0.3, -0.25) is 0 Å². The topological polar surface area (TPSA) is 72.5 Å². The maximum absolute atomic E-state index is 12.1. The van der Waals surface area contributed by atoms with Crippen LogP contribution in [-0.4, -0.2) is 28.0 Å². The van der Waals surface area contributed by atoms with Crippen molar-refractivity contribution in [2.75, 3.05) is 13.7 Å². The first-order valence-corrected chi connectivity index (χ1v) is 8.09. The van der Waals surface area contributed by atoms with Gasteiger partial charge in [0, 0.05) is 6.54 Å². The molecule has 0 aliphatic carbocycles. The number of rotatable bonds is 7. The molecule has 20 heavy (non-hydrogen) atoms. The Balaban J connectivity index is 2.93. The normalized spacial score (nSPS) is 11.3. The Hall–Kier alpha value is -1.40. The summed E-state index contributed by atoms with van der Waals surface area (Å²) in [4.78, 5) is 11.7. The van der Waals surface area contributed by atoms with Crippen molar-refractivity contribution in [2.45, 2.75) is 38.0 Å². The molecule has 0 aliphatic heterocycles. The van der Waals surface area contributed by atoms with Gasteiger partial charge in [0.15, 0.2) is 0 Å². The number of hydrogen-bond donors (Lipinski definition) is 1. The Bertz CT molecular complexity index is 567. The molecular weight excluding hydrogens is 278 g/mol. The maximum atomic E-state index is 12.1. The van der Waals surface area contributed by atoms with Crippen LogP contribution in [-0.2, 0) is 14.8 Å². The molecule has 5 nitrogen and oxygen atoms in total. The molecule has 0 fully saturated rings. The molecule has 6 heteroatoms. The highest BCUT2D eigenvalue weighted by molar-refractivity contribution is 7.89. The summed E-state index contributed by atoms with van der Waals surface area (Å²) < 4.78 is 31.4. The zero-order valence-electron chi connectivity index (χ0n) is 12.1. The highest BCUT2D eigenvalue weighted by Crippen LogP contribution is 2.16. The lowest BCUT2D eigenvalue weighted by Gasteiger charge is -2.09. The van der Waals surface area contributed by atoms with Crippen LogP contribution in [0.3, 0.4) is 0 Å². The molecule has 0 aliphatic rings. The maximum Gasteiger partial charge on any atom is 0.338 e. The van der Waals surface area contributed by atoms with Crippen molar-refractivity contribution in [3.8, 4) is 0 Å². The molecule has 0 unspecified atom stereocenters. The van der Waals surface area contributed by atoms with Crippen LogP contribution < -0.4 is 4.72 Å². The number of aryl methyl sites for hydroxylation is 1. The summed E-state index contributed by atoms with van der Waals surface area (Å²) >= 11 is 0. The van der Waals surface area contributed by atoms with E-state index in [-0.39, 0.29) is 10.5 Å².